The number of rotatable bonds is 0. The van der Waals surface area contributed by atoms with Gasteiger partial charge in [0.15, 0.2) is 0 Å². The van der Waals surface area contributed by atoms with E-state index in [1.807, 2.05) is 0 Å². The summed E-state index contributed by atoms with van der Waals surface area (Å²) in [6, 6.07) is 0. The van der Waals surface area contributed by atoms with Crippen molar-refractivity contribution in [2.45, 2.75) is 0 Å². The van der Waals surface area contributed by atoms with E-state index in [9.17, 15) is 0 Å². The molecule has 0 saturated heterocycles. The Kier molecular flexibility index (Phi) is 1470. The van der Waals surface area contributed by atoms with Crippen LogP contribution in [0.15, 0.2) is 0 Å². The average Bonchev–Trinajstić information content (AvgIpc) is 1.00. The Balaban J connectivity index is -0.000000000833. The standard InChI is InChI=1S/2Li.H2O2.2H2O.2H/c;;1-2;;;;/h;;1-2H;2*1H2;;. The molecule has 0 radical (unpaired) electrons. The van der Waals surface area contributed by atoms with Crippen molar-refractivity contribution in [2.24, 2.45) is 0 Å². The van der Waals surface area contributed by atoms with Gasteiger partial charge in [-0.2, -0.15) is 0 Å². The van der Waals surface area contributed by atoms with Crippen LogP contribution < -0.4 is 0 Å². The van der Waals surface area contributed by atoms with Gasteiger partial charge in [-0.15, -0.1) is 0 Å². The zero-order chi connectivity index (χ0) is 2.00. The normalized spacial score (nSPS) is 1.00. The van der Waals surface area contributed by atoms with Crippen LogP contribution in [-0.4, -0.2) is 59.2 Å². The fourth-order valence-electron chi connectivity index (χ4n) is 0. The fraction of sp³-hybridized carbons (Fsp3) is 0. The number of hydrogen-bond acceptors (Lipinski definition) is 2. The van der Waals surface area contributed by atoms with Crippen molar-refractivity contribution in [3.63, 3.8) is 0 Å². The molecule has 0 fully saturated rings. The van der Waals surface area contributed by atoms with Crippen molar-refractivity contribution in [3.05, 3.63) is 0 Å². The van der Waals surface area contributed by atoms with E-state index in [4.69, 9.17) is 10.5 Å². The molecule has 0 amide bonds. The van der Waals surface area contributed by atoms with Gasteiger partial charge in [-0.3, -0.25) is 10.5 Å². The summed E-state index contributed by atoms with van der Waals surface area (Å²) in [7, 11) is 0. The van der Waals surface area contributed by atoms with E-state index in [1.165, 1.54) is 0 Å². The third-order valence-corrected chi connectivity index (χ3v) is 0. The minimum atomic E-state index is 0. The Morgan fingerprint density at radius 2 is 0.667 bits per heavy atom. The first-order valence-electron chi connectivity index (χ1n) is 0.200. The molecular formula is H8Li2O4. The van der Waals surface area contributed by atoms with Gasteiger partial charge in [0.25, 0.3) is 0 Å². The maximum absolute atomic E-state index is 6.00. The summed E-state index contributed by atoms with van der Waals surface area (Å²) in [6.45, 7) is 0. The molecule has 0 heterocycles. The predicted octanol–water partition coefficient (Wildman–Crippen LogP) is -2.93. The summed E-state index contributed by atoms with van der Waals surface area (Å²) in [5.74, 6) is 0. The molecule has 0 unspecified atom stereocenters. The van der Waals surface area contributed by atoms with Crippen LogP contribution in [0.1, 0.15) is 0 Å². The molecule has 6 N–H and O–H groups in total. The molecule has 0 aromatic rings. The Morgan fingerprint density at radius 3 is 0.667 bits per heavy atom. The van der Waals surface area contributed by atoms with Crippen LogP contribution in [0.2, 0.25) is 0 Å². The van der Waals surface area contributed by atoms with Crippen LogP contribution in [0.3, 0.4) is 0 Å². The second-order valence-corrected chi connectivity index (χ2v) is 0. The summed E-state index contributed by atoms with van der Waals surface area (Å²) < 4.78 is 0. The van der Waals surface area contributed by atoms with Crippen LogP contribution in [0.5, 0.6) is 0 Å². The topological polar surface area (TPSA) is 103 Å². The van der Waals surface area contributed by atoms with Crippen molar-refractivity contribution >= 4 is 37.7 Å². The average molecular weight is 85.9 g/mol. The van der Waals surface area contributed by atoms with Crippen molar-refractivity contribution in [2.75, 3.05) is 0 Å². The van der Waals surface area contributed by atoms with E-state index in [0.717, 1.165) is 0 Å². The monoisotopic (exact) mass is 86.1 g/mol. The van der Waals surface area contributed by atoms with Gasteiger partial charge in [-0.25, -0.2) is 0 Å². The van der Waals surface area contributed by atoms with Crippen molar-refractivity contribution < 1.29 is 21.5 Å². The summed E-state index contributed by atoms with van der Waals surface area (Å²) in [5.41, 5.74) is 0. The summed E-state index contributed by atoms with van der Waals surface area (Å²) in [6.07, 6.45) is 0. The maximum atomic E-state index is 6.00. The van der Waals surface area contributed by atoms with Crippen LogP contribution in [0.25, 0.3) is 0 Å². The van der Waals surface area contributed by atoms with Gasteiger partial charge in [0.2, 0.25) is 0 Å². The summed E-state index contributed by atoms with van der Waals surface area (Å²) >= 11 is 0. The first-order valence-corrected chi connectivity index (χ1v) is 0.200. The van der Waals surface area contributed by atoms with Gasteiger partial charge in [-0.05, 0) is 0 Å². The SMILES string of the molecule is O.O.OO.[LiH].[LiH]. The third kappa shape index (κ3) is 76.5. The molecule has 0 aromatic heterocycles. The van der Waals surface area contributed by atoms with E-state index < -0.39 is 0 Å². The molecule has 0 aliphatic heterocycles. The van der Waals surface area contributed by atoms with Crippen molar-refractivity contribution in [1.82, 2.24) is 0 Å². The molecule has 0 rings (SSSR count). The van der Waals surface area contributed by atoms with E-state index >= 15 is 0 Å². The Hall–Kier alpha value is 1.03. The second kappa shape index (κ2) is 143. The van der Waals surface area contributed by atoms with Crippen LogP contribution in [0.4, 0.5) is 0 Å². The van der Waals surface area contributed by atoms with Gasteiger partial charge < -0.3 is 11.0 Å². The second-order valence-electron chi connectivity index (χ2n) is 0. The van der Waals surface area contributed by atoms with Crippen LogP contribution in [-0.2, 0) is 0 Å². The number of hydrogen-bond donors (Lipinski definition) is 2. The molecule has 34 valence electrons. The molecule has 6 heteroatoms. The van der Waals surface area contributed by atoms with Crippen molar-refractivity contribution in [3.8, 4) is 0 Å². The van der Waals surface area contributed by atoms with Gasteiger partial charge >= 0.3 is 37.7 Å². The molecule has 0 spiro atoms. The van der Waals surface area contributed by atoms with Crippen molar-refractivity contribution in [1.29, 1.82) is 0 Å². The van der Waals surface area contributed by atoms with Gasteiger partial charge in [0.1, 0.15) is 0 Å². The molecule has 0 saturated carbocycles. The molecule has 6 heavy (non-hydrogen) atoms. The molecular weight excluding hydrogens is 77.9 g/mol. The van der Waals surface area contributed by atoms with Crippen LogP contribution in [0, 0.1) is 0 Å². The minimum absolute atomic E-state index is 0. The van der Waals surface area contributed by atoms with Gasteiger partial charge in [0, 0.05) is 0 Å². The van der Waals surface area contributed by atoms with E-state index in [1.54, 1.807) is 0 Å². The quantitative estimate of drug-likeness (QED) is 0.187. The fourth-order valence-corrected chi connectivity index (χ4v) is 0. The molecule has 0 bridgehead atoms. The van der Waals surface area contributed by atoms with Gasteiger partial charge in [0.05, 0.1) is 0 Å². The molecule has 0 atom stereocenters. The Bertz CT molecular complexity index is 5.51. The molecule has 0 aliphatic rings. The summed E-state index contributed by atoms with van der Waals surface area (Å²) in [4.78, 5) is 0. The van der Waals surface area contributed by atoms with Crippen LogP contribution >= 0.6 is 0 Å². The Morgan fingerprint density at radius 1 is 0.667 bits per heavy atom. The predicted molar refractivity (Wildman–Crippen MR) is 26.8 cm³/mol. The molecule has 0 aliphatic carbocycles. The van der Waals surface area contributed by atoms with E-state index in [2.05, 4.69) is 0 Å². The van der Waals surface area contributed by atoms with E-state index in [-0.39, 0.29) is 48.7 Å². The summed E-state index contributed by atoms with van der Waals surface area (Å²) in [5, 5.41) is 12.0. The molecule has 0 aromatic carbocycles. The third-order valence-electron chi connectivity index (χ3n) is 0. The van der Waals surface area contributed by atoms with Gasteiger partial charge in [-0.1, -0.05) is 0 Å². The molecule has 4 nitrogen and oxygen atoms in total. The first kappa shape index (κ1) is 61.9. The zero-order valence-electron chi connectivity index (χ0n) is 1.89. The first-order chi connectivity index (χ1) is 1.00. The van der Waals surface area contributed by atoms with E-state index in [0.29, 0.717) is 0 Å². The Labute approximate surface area is 59.4 Å². The zero-order valence-corrected chi connectivity index (χ0v) is 1.89.